The number of benzene rings is 1. The maximum Gasteiger partial charge on any atom is 0.128 e. The third-order valence-corrected chi connectivity index (χ3v) is 4.17. The minimum Gasteiger partial charge on any atom is -0.488 e. The fourth-order valence-corrected chi connectivity index (χ4v) is 2.75. The van der Waals surface area contributed by atoms with Gasteiger partial charge in [0.1, 0.15) is 18.0 Å². The van der Waals surface area contributed by atoms with Crippen LogP contribution in [0.3, 0.4) is 0 Å². The summed E-state index contributed by atoms with van der Waals surface area (Å²) in [5, 5.41) is 3.52. The first kappa shape index (κ1) is 16.3. The number of methoxy groups -OCH3 is 1. The van der Waals surface area contributed by atoms with E-state index in [1.54, 1.807) is 7.11 Å². The molecule has 1 aromatic rings. The van der Waals surface area contributed by atoms with Gasteiger partial charge in [0.25, 0.3) is 0 Å². The van der Waals surface area contributed by atoms with E-state index in [-0.39, 0.29) is 17.6 Å². The van der Waals surface area contributed by atoms with Crippen molar-refractivity contribution in [3.63, 3.8) is 0 Å². The zero-order chi connectivity index (χ0) is 15.5. The zero-order valence-corrected chi connectivity index (χ0v) is 14.0. The normalized spacial score (nSPS) is 25.5. The van der Waals surface area contributed by atoms with Crippen LogP contribution in [0.5, 0.6) is 5.75 Å². The molecule has 118 valence electrons. The molecule has 0 spiro atoms. The summed E-state index contributed by atoms with van der Waals surface area (Å²) in [6, 6.07) is 8.84. The SMILES string of the molecule is CCCNC1CC(Oc2cccc(C(C)(C)C)c2)C1OC. The Kier molecular flexibility index (Phi) is 5.28. The molecule has 0 heterocycles. The predicted octanol–water partition coefficient (Wildman–Crippen LogP) is 3.52. The van der Waals surface area contributed by atoms with Crippen LogP contribution in [-0.2, 0) is 10.2 Å². The summed E-state index contributed by atoms with van der Waals surface area (Å²) in [6.45, 7) is 9.88. The topological polar surface area (TPSA) is 30.5 Å². The Labute approximate surface area is 129 Å². The molecule has 1 aliphatic rings. The molecule has 2 rings (SSSR count). The summed E-state index contributed by atoms with van der Waals surface area (Å²) in [5.74, 6) is 0.948. The van der Waals surface area contributed by atoms with Gasteiger partial charge in [-0.3, -0.25) is 0 Å². The van der Waals surface area contributed by atoms with Crippen LogP contribution in [0.2, 0.25) is 0 Å². The van der Waals surface area contributed by atoms with Crippen LogP contribution in [0, 0.1) is 0 Å². The fourth-order valence-electron chi connectivity index (χ4n) is 2.75. The Balaban J connectivity index is 1.96. The number of ether oxygens (including phenoxy) is 2. The van der Waals surface area contributed by atoms with Gasteiger partial charge in [-0.2, -0.15) is 0 Å². The Hall–Kier alpha value is -1.06. The van der Waals surface area contributed by atoms with Gasteiger partial charge in [0.2, 0.25) is 0 Å². The van der Waals surface area contributed by atoms with E-state index in [2.05, 4.69) is 51.2 Å². The Morgan fingerprint density at radius 3 is 2.67 bits per heavy atom. The lowest BCUT2D eigenvalue weighted by molar-refractivity contribution is -0.0887. The van der Waals surface area contributed by atoms with Gasteiger partial charge in [-0.05, 0) is 36.1 Å². The largest absolute Gasteiger partial charge is 0.488 e. The molecule has 1 saturated carbocycles. The molecule has 1 aromatic carbocycles. The van der Waals surface area contributed by atoms with Crippen molar-refractivity contribution >= 4 is 0 Å². The molecule has 0 bridgehead atoms. The van der Waals surface area contributed by atoms with Crippen molar-refractivity contribution in [1.82, 2.24) is 5.32 Å². The Morgan fingerprint density at radius 2 is 2.05 bits per heavy atom. The van der Waals surface area contributed by atoms with Gasteiger partial charge >= 0.3 is 0 Å². The van der Waals surface area contributed by atoms with Crippen molar-refractivity contribution in [1.29, 1.82) is 0 Å². The smallest absolute Gasteiger partial charge is 0.128 e. The summed E-state index contributed by atoms with van der Waals surface area (Å²) >= 11 is 0. The number of nitrogens with one attached hydrogen (secondary N) is 1. The van der Waals surface area contributed by atoms with E-state index in [1.807, 2.05) is 6.07 Å². The van der Waals surface area contributed by atoms with E-state index in [9.17, 15) is 0 Å². The van der Waals surface area contributed by atoms with E-state index < -0.39 is 0 Å². The quantitative estimate of drug-likeness (QED) is 0.870. The van der Waals surface area contributed by atoms with E-state index in [0.717, 1.165) is 25.1 Å². The lowest BCUT2D eigenvalue weighted by Gasteiger charge is -2.43. The molecule has 3 heteroatoms. The van der Waals surface area contributed by atoms with Crippen molar-refractivity contribution in [3.05, 3.63) is 29.8 Å². The molecule has 1 fully saturated rings. The van der Waals surface area contributed by atoms with Crippen LogP contribution >= 0.6 is 0 Å². The van der Waals surface area contributed by atoms with Crippen LogP contribution in [0.15, 0.2) is 24.3 Å². The van der Waals surface area contributed by atoms with Crippen molar-refractivity contribution in [2.45, 2.75) is 64.2 Å². The highest BCUT2D eigenvalue weighted by atomic mass is 16.5. The fraction of sp³-hybridized carbons (Fsp3) is 0.667. The van der Waals surface area contributed by atoms with Gasteiger partial charge in [-0.15, -0.1) is 0 Å². The summed E-state index contributed by atoms with van der Waals surface area (Å²) in [4.78, 5) is 0. The highest BCUT2D eigenvalue weighted by molar-refractivity contribution is 5.33. The second kappa shape index (κ2) is 6.80. The first-order valence-electron chi connectivity index (χ1n) is 7.99. The molecular formula is C18H29NO2. The lowest BCUT2D eigenvalue weighted by Crippen LogP contribution is -2.61. The summed E-state index contributed by atoms with van der Waals surface area (Å²) in [5.41, 5.74) is 1.44. The molecule has 1 N–H and O–H groups in total. The van der Waals surface area contributed by atoms with Crippen LogP contribution < -0.4 is 10.1 Å². The predicted molar refractivity (Wildman–Crippen MR) is 87.1 cm³/mol. The van der Waals surface area contributed by atoms with E-state index in [0.29, 0.717) is 6.04 Å². The molecule has 3 unspecified atom stereocenters. The number of hydrogen-bond acceptors (Lipinski definition) is 3. The molecule has 21 heavy (non-hydrogen) atoms. The molecule has 0 amide bonds. The second-order valence-electron chi connectivity index (χ2n) is 6.93. The van der Waals surface area contributed by atoms with E-state index >= 15 is 0 Å². The highest BCUT2D eigenvalue weighted by Crippen LogP contribution is 2.31. The maximum absolute atomic E-state index is 6.13. The summed E-state index contributed by atoms with van der Waals surface area (Å²) in [7, 11) is 1.77. The first-order valence-corrected chi connectivity index (χ1v) is 7.99. The van der Waals surface area contributed by atoms with Crippen LogP contribution in [0.25, 0.3) is 0 Å². The molecule has 0 radical (unpaired) electrons. The number of hydrogen-bond donors (Lipinski definition) is 1. The Morgan fingerprint density at radius 1 is 1.29 bits per heavy atom. The van der Waals surface area contributed by atoms with E-state index in [1.165, 1.54) is 5.56 Å². The summed E-state index contributed by atoms with van der Waals surface area (Å²) in [6.07, 6.45) is 2.46. The van der Waals surface area contributed by atoms with Gasteiger partial charge in [0.15, 0.2) is 0 Å². The van der Waals surface area contributed by atoms with Gasteiger partial charge in [-0.25, -0.2) is 0 Å². The maximum atomic E-state index is 6.13. The first-order chi connectivity index (χ1) is 9.95. The van der Waals surface area contributed by atoms with Crippen LogP contribution in [0.1, 0.15) is 46.1 Å². The molecule has 0 aromatic heterocycles. The average Bonchev–Trinajstić information content (AvgIpc) is 2.42. The van der Waals surface area contributed by atoms with Crippen LogP contribution in [0.4, 0.5) is 0 Å². The lowest BCUT2D eigenvalue weighted by atomic mass is 9.84. The summed E-state index contributed by atoms with van der Waals surface area (Å²) < 4.78 is 11.7. The minimum absolute atomic E-state index is 0.144. The molecule has 1 aliphatic carbocycles. The van der Waals surface area contributed by atoms with Gasteiger partial charge < -0.3 is 14.8 Å². The molecular weight excluding hydrogens is 262 g/mol. The zero-order valence-electron chi connectivity index (χ0n) is 14.0. The Bertz CT molecular complexity index is 453. The third-order valence-electron chi connectivity index (χ3n) is 4.17. The van der Waals surface area contributed by atoms with Crippen LogP contribution in [-0.4, -0.2) is 31.9 Å². The van der Waals surface area contributed by atoms with Gasteiger partial charge in [-0.1, -0.05) is 39.8 Å². The van der Waals surface area contributed by atoms with E-state index in [4.69, 9.17) is 9.47 Å². The molecule has 0 aliphatic heterocycles. The number of rotatable bonds is 6. The second-order valence-corrected chi connectivity index (χ2v) is 6.93. The molecule has 0 saturated heterocycles. The van der Waals surface area contributed by atoms with Crippen molar-refractivity contribution in [3.8, 4) is 5.75 Å². The standard InChI is InChI=1S/C18H29NO2/c1-6-10-19-15-12-16(17(15)20-5)21-14-9-7-8-13(11-14)18(2,3)4/h7-9,11,15-17,19H,6,10,12H2,1-5H3. The van der Waals surface area contributed by atoms with Crippen molar-refractivity contribution in [2.24, 2.45) is 0 Å². The van der Waals surface area contributed by atoms with Gasteiger partial charge in [0.05, 0.1) is 0 Å². The monoisotopic (exact) mass is 291 g/mol. The van der Waals surface area contributed by atoms with Crippen molar-refractivity contribution < 1.29 is 9.47 Å². The molecule has 3 nitrogen and oxygen atoms in total. The van der Waals surface area contributed by atoms with Crippen molar-refractivity contribution in [2.75, 3.05) is 13.7 Å². The minimum atomic E-state index is 0.144. The molecule has 3 atom stereocenters. The third kappa shape index (κ3) is 3.98. The highest BCUT2D eigenvalue weighted by Gasteiger charge is 2.42. The van der Waals surface area contributed by atoms with Gasteiger partial charge in [0, 0.05) is 19.6 Å². The average molecular weight is 291 g/mol.